The number of nitrogens with zero attached hydrogens (tertiary/aromatic N) is 2. The molecule has 0 aromatic carbocycles. The van der Waals surface area contributed by atoms with Crippen LogP contribution >= 0.6 is 11.3 Å². The molecule has 1 aromatic rings. The molecule has 1 aliphatic rings. The van der Waals surface area contributed by atoms with Gasteiger partial charge in [-0.25, -0.2) is 4.79 Å². The van der Waals surface area contributed by atoms with Crippen LogP contribution in [0.4, 0.5) is 4.79 Å². The van der Waals surface area contributed by atoms with Crippen molar-refractivity contribution in [2.45, 2.75) is 25.4 Å². The lowest BCUT2D eigenvalue weighted by Gasteiger charge is -2.29. The molecule has 1 aromatic heterocycles. The molecule has 2 rings (SSSR count). The first-order valence-electron chi connectivity index (χ1n) is 6.52. The predicted molar refractivity (Wildman–Crippen MR) is 77.7 cm³/mol. The van der Waals surface area contributed by atoms with Gasteiger partial charge in [-0.05, 0) is 24.3 Å². The number of carbonyl (C=O) groups is 2. The van der Waals surface area contributed by atoms with Crippen molar-refractivity contribution in [1.82, 2.24) is 9.80 Å². The van der Waals surface area contributed by atoms with Crippen molar-refractivity contribution in [2.75, 3.05) is 13.1 Å². The lowest BCUT2D eigenvalue weighted by molar-refractivity contribution is -0.137. The number of aliphatic carboxylic acids is 1. The van der Waals surface area contributed by atoms with Crippen LogP contribution in [0.2, 0.25) is 0 Å². The first-order valence-corrected chi connectivity index (χ1v) is 7.40. The van der Waals surface area contributed by atoms with E-state index in [-0.39, 0.29) is 25.2 Å². The van der Waals surface area contributed by atoms with Crippen molar-refractivity contribution < 1.29 is 14.7 Å². The average molecular weight is 294 g/mol. The molecule has 2 amide bonds. The highest BCUT2D eigenvalue weighted by Gasteiger charge is 2.35. The standard InChI is InChI=1S/C14H18N2O3S/c1-2-7-15(10-13(17)18)14(19)16(11-5-6-11)9-12-4-3-8-20-12/h2-4,8,11H,1,5-7,9-10H2,(H,17,18). The number of carbonyl (C=O) groups excluding carboxylic acids is 1. The summed E-state index contributed by atoms with van der Waals surface area (Å²) in [4.78, 5) is 27.6. The monoisotopic (exact) mass is 294 g/mol. The molecule has 0 spiro atoms. The molecule has 6 heteroatoms. The maximum atomic E-state index is 12.5. The zero-order chi connectivity index (χ0) is 14.5. The van der Waals surface area contributed by atoms with E-state index >= 15 is 0 Å². The van der Waals surface area contributed by atoms with Crippen LogP contribution in [0, 0.1) is 0 Å². The molecular formula is C14H18N2O3S. The zero-order valence-electron chi connectivity index (χ0n) is 11.2. The molecule has 0 saturated heterocycles. The molecule has 108 valence electrons. The van der Waals surface area contributed by atoms with Crippen LogP contribution in [0.25, 0.3) is 0 Å². The third-order valence-corrected chi connectivity index (χ3v) is 3.95. The van der Waals surface area contributed by atoms with Crippen LogP contribution in [0.3, 0.4) is 0 Å². The van der Waals surface area contributed by atoms with Crippen LogP contribution in [0.1, 0.15) is 17.7 Å². The molecule has 0 unspecified atom stereocenters. The molecule has 0 aliphatic heterocycles. The maximum absolute atomic E-state index is 12.5. The second-order valence-corrected chi connectivity index (χ2v) is 5.82. The SMILES string of the molecule is C=CCN(CC(=O)O)C(=O)N(Cc1cccs1)C1CC1. The minimum Gasteiger partial charge on any atom is -0.480 e. The van der Waals surface area contributed by atoms with Crippen molar-refractivity contribution in [3.63, 3.8) is 0 Å². The Hall–Kier alpha value is -1.82. The highest BCUT2D eigenvalue weighted by molar-refractivity contribution is 7.09. The van der Waals surface area contributed by atoms with Gasteiger partial charge in [0.1, 0.15) is 6.54 Å². The topological polar surface area (TPSA) is 60.9 Å². The largest absolute Gasteiger partial charge is 0.480 e. The number of thiophene rings is 1. The van der Waals surface area contributed by atoms with Gasteiger partial charge in [-0.1, -0.05) is 12.1 Å². The van der Waals surface area contributed by atoms with Crippen molar-refractivity contribution >= 4 is 23.3 Å². The fourth-order valence-corrected chi connectivity index (χ4v) is 2.72. The number of carboxylic acid groups (broad SMARTS) is 1. The van der Waals surface area contributed by atoms with Gasteiger partial charge in [-0.2, -0.15) is 0 Å². The van der Waals surface area contributed by atoms with E-state index in [4.69, 9.17) is 5.11 Å². The maximum Gasteiger partial charge on any atom is 0.323 e. The molecule has 0 bridgehead atoms. The van der Waals surface area contributed by atoms with Crippen molar-refractivity contribution in [3.05, 3.63) is 35.0 Å². The lowest BCUT2D eigenvalue weighted by atomic mass is 10.4. The molecule has 20 heavy (non-hydrogen) atoms. The third kappa shape index (κ3) is 3.84. The summed E-state index contributed by atoms with van der Waals surface area (Å²) in [6.45, 7) is 4.09. The summed E-state index contributed by atoms with van der Waals surface area (Å²) in [5, 5.41) is 10.9. The molecule has 1 fully saturated rings. The van der Waals surface area contributed by atoms with Crippen LogP contribution in [-0.4, -0.2) is 46.0 Å². The summed E-state index contributed by atoms with van der Waals surface area (Å²) in [6.07, 6.45) is 3.54. The summed E-state index contributed by atoms with van der Waals surface area (Å²) in [6, 6.07) is 3.96. The van der Waals surface area contributed by atoms with E-state index in [0.29, 0.717) is 6.54 Å². The molecule has 0 atom stereocenters. The van der Waals surface area contributed by atoms with Crippen LogP contribution in [-0.2, 0) is 11.3 Å². The summed E-state index contributed by atoms with van der Waals surface area (Å²) in [5.74, 6) is -1.01. The molecule has 1 aliphatic carbocycles. The van der Waals surface area contributed by atoms with Gasteiger partial charge in [0.15, 0.2) is 0 Å². The number of hydrogen-bond acceptors (Lipinski definition) is 3. The number of carboxylic acids is 1. The molecule has 1 heterocycles. The first-order chi connectivity index (χ1) is 9.61. The number of urea groups is 1. The average Bonchev–Trinajstić information content (AvgIpc) is 3.11. The highest BCUT2D eigenvalue weighted by Crippen LogP contribution is 2.30. The minimum atomic E-state index is -1.01. The fourth-order valence-electron chi connectivity index (χ4n) is 2.02. The number of amides is 2. The summed E-state index contributed by atoms with van der Waals surface area (Å²) < 4.78 is 0. The highest BCUT2D eigenvalue weighted by atomic mass is 32.1. The van der Waals surface area contributed by atoms with Gasteiger partial charge in [0, 0.05) is 17.5 Å². The van der Waals surface area contributed by atoms with Crippen molar-refractivity contribution in [2.24, 2.45) is 0 Å². The van der Waals surface area contributed by atoms with Crippen molar-refractivity contribution in [3.8, 4) is 0 Å². The van der Waals surface area contributed by atoms with Gasteiger partial charge in [0.25, 0.3) is 0 Å². The van der Waals surface area contributed by atoms with Gasteiger partial charge in [-0.15, -0.1) is 17.9 Å². The molecule has 5 nitrogen and oxygen atoms in total. The molecular weight excluding hydrogens is 276 g/mol. The van der Waals surface area contributed by atoms with E-state index < -0.39 is 5.97 Å². The first kappa shape index (κ1) is 14.6. The minimum absolute atomic E-state index is 0.219. The van der Waals surface area contributed by atoms with Crippen LogP contribution < -0.4 is 0 Å². The Labute approximate surface area is 122 Å². The molecule has 1 saturated carbocycles. The van der Waals surface area contributed by atoms with E-state index in [1.54, 1.807) is 22.3 Å². The van der Waals surface area contributed by atoms with E-state index in [0.717, 1.165) is 17.7 Å². The number of hydrogen-bond donors (Lipinski definition) is 1. The van der Waals surface area contributed by atoms with Crippen molar-refractivity contribution in [1.29, 1.82) is 0 Å². The van der Waals surface area contributed by atoms with E-state index in [2.05, 4.69) is 6.58 Å². The van der Waals surface area contributed by atoms with E-state index in [1.165, 1.54) is 4.90 Å². The van der Waals surface area contributed by atoms with Gasteiger partial charge >= 0.3 is 12.0 Å². The van der Waals surface area contributed by atoms with E-state index in [1.807, 2.05) is 17.5 Å². The Kier molecular flexibility index (Phi) is 4.79. The fraction of sp³-hybridized carbons (Fsp3) is 0.429. The van der Waals surface area contributed by atoms with Gasteiger partial charge < -0.3 is 14.9 Å². The van der Waals surface area contributed by atoms with Gasteiger partial charge in [0.05, 0.1) is 6.54 Å². The Bertz CT molecular complexity index is 483. The van der Waals surface area contributed by atoms with E-state index in [9.17, 15) is 9.59 Å². The normalized spacial score (nSPS) is 13.8. The second kappa shape index (κ2) is 6.56. The van der Waals surface area contributed by atoms with Gasteiger partial charge in [0.2, 0.25) is 0 Å². The smallest absolute Gasteiger partial charge is 0.323 e. The quantitative estimate of drug-likeness (QED) is 0.786. The Balaban J connectivity index is 2.07. The Morgan fingerprint density at radius 3 is 2.75 bits per heavy atom. The lowest BCUT2D eigenvalue weighted by Crippen LogP contribution is -2.46. The summed E-state index contributed by atoms with van der Waals surface area (Å²) in [5.41, 5.74) is 0. The van der Waals surface area contributed by atoms with Crippen LogP contribution in [0.15, 0.2) is 30.2 Å². The summed E-state index contributed by atoms with van der Waals surface area (Å²) in [7, 11) is 0. The van der Waals surface area contributed by atoms with Crippen LogP contribution in [0.5, 0.6) is 0 Å². The van der Waals surface area contributed by atoms with Gasteiger partial charge in [-0.3, -0.25) is 4.79 Å². The molecule has 0 radical (unpaired) electrons. The second-order valence-electron chi connectivity index (χ2n) is 4.78. The molecule has 1 N–H and O–H groups in total. The zero-order valence-corrected chi connectivity index (χ0v) is 12.0. The number of rotatable bonds is 7. The third-order valence-electron chi connectivity index (χ3n) is 3.09. The Morgan fingerprint density at radius 1 is 1.50 bits per heavy atom. The summed E-state index contributed by atoms with van der Waals surface area (Å²) >= 11 is 1.60. The Morgan fingerprint density at radius 2 is 2.25 bits per heavy atom. The predicted octanol–water partition coefficient (Wildman–Crippen LogP) is 2.41.